The van der Waals surface area contributed by atoms with E-state index in [9.17, 15) is 9.59 Å². The number of carbonyl (C=O) groups is 2. The molecule has 0 aliphatic carbocycles. The van der Waals surface area contributed by atoms with Crippen molar-refractivity contribution in [1.29, 1.82) is 0 Å². The van der Waals surface area contributed by atoms with Gasteiger partial charge in [-0.25, -0.2) is 4.89 Å². The first kappa shape index (κ1) is 12.9. The monoisotopic (exact) mass is 206 g/mol. The number of esters is 1. The zero-order chi connectivity index (χ0) is 10.8. The van der Waals surface area contributed by atoms with E-state index in [2.05, 4.69) is 9.62 Å². The first-order chi connectivity index (χ1) is 6.66. The lowest BCUT2D eigenvalue weighted by Gasteiger charge is -2.02. The van der Waals surface area contributed by atoms with Crippen LogP contribution in [0.5, 0.6) is 0 Å². The van der Waals surface area contributed by atoms with E-state index in [0.29, 0.717) is 12.8 Å². The van der Waals surface area contributed by atoms with Crippen molar-refractivity contribution in [2.45, 2.75) is 25.7 Å². The van der Waals surface area contributed by atoms with Gasteiger partial charge in [-0.15, -0.1) is 0 Å². The number of hydrogen-bond donors (Lipinski definition) is 2. The summed E-state index contributed by atoms with van der Waals surface area (Å²) in [5.41, 5.74) is 0. The first-order valence-corrected chi connectivity index (χ1v) is 4.30. The number of carbonyl (C=O) groups excluding carboxylic acids is 1. The molecule has 0 aliphatic rings. The van der Waals surface area contributed by atoms with Crippen molar-refractivity contribution in [1.82, 2.24) is 0 Å². The molecule has 0 fully saturated rings. The molecule has 82 valence electrons. The van der Waals surface area contributed by atoms with Crippen molar-refractivity contribution >= 4 is 11.9 Å². The standard InChI is InChI=1S/C8H14O6/c9-7(10)3-1-2-4-8(11)13-5-6-14-12/h12H,1-6H2,(H,9,10). The molecule has 6 nitrogen and oxygen atoms in total. The summed E-state index contributed by atoms with van der Waals surface area (Å²) in [6.45, 7) is -0.0465. The van der Waals surface area contributed by atoms with Gasteiger partial charge in [0.25, 0.3) is 0 Å². The highest BCUT2D eigenvalue weighted by molar-refractivity contribution is 5.69. The third-order valence-corrected chi connectivity index (χ3v) is 1.46. The molecule has 0 saturated heterocycles. The highest BCUT2D eigenvalue weighted by Crippen LogP contribution is 2.01. The lowest BCUT2D eigenvalue weighted by molar-refractivity contribution is -0.248. The minimum absolute atomic E-state index is 0.00820. The van der Waals surface area contributed by atoms with Crippen molar-refractivity contribution in [3.63, 3.8) is 0 Å². The van der Waals surface area contributed by atoms with Gasteiger partial charge in [-0.3, -0.25) is 14.8 Å². The van der Waals surface area contributed by atoms with Crippen molar-refractivity contribution in [2.24, 2.45) is 0 Å². The van der Waals surface area contributed by atoms with Crippen LogP contribution in [0.2, 0.25) is 0 Å². The van der Waals surface area contributed by atoms with Crippen molar-refractivity contribution in [2.75, 3.05) is 13.2 Å². The molecule has 14 heavy (non-hydrogen) atoms. The van der Waals surface area contributed by atoms with Crippen LogP contribution < -0.4 is 0 Å². The molecule has 0 amide bonds. The largest absolute Gasteiger partial charge is 0.481 e. The summed E-state index contributed by atoms with van der Waals surface area (Å²) in [5, 5.41) is 16.2. The van der Waals surface area contributed by atoms with E-state index in [1.165, 1.54) is 0 Å². The number of ether oxygens (including phenoxy) is 1. The van der Waals surface area contributed by atoms with Crippen LogP contribution in [0.25, 0.3) is 0 Å². The molecule has 0 radical (unpaired) electrons. The number of hydrogen-bond acceptors (Lipinski definition) is 5. The molecule has 0 bridgehead atoms. The number of aliphatic carboxylic acids is 1. The highest BCUT2D eigenvalue weighted by atomic mass is 17.1. The minimum Gasteiger partial charge on any atom is -0.481 e. The van der Waals surface area contributed by atoms with Crippen molar-refractivity contribution in [3.05, 3.63) is 0 Å². The Morgan fingerprint density at radius 1 is 1.07 bits per heavy atom. The van der Waals surface area contributed by atoms with E-state index >= 15 is 0 Å². The Morgan fingerprint density at radius 3 is 2.29 bits per heavy atom. The van der Waals surface area contributed by atoms with Crippen molar-refractivity contribution < 1.29 is 29.6 Å². The van der Waals surface area contributed by atoms with E-state index < -0.39 is 11.9 Å². The SMILES string of the molecule is O=C(O)CCCCC(=O)OCCOO. The van der Waals surface area contributed by atoms with Gasteiger partial charge < -0.3 is 9.84 Å². The second-order valence-corrected chi connectivity index (χ2v) is 2.65. The molecular formula is C8H14O6. The highest BCUT2D eigenvalue weighted by Gasteiger charge is 2.03. The fraction of sp³-hybridized carbons (Fsp3) is 0.750. The van der Waals surface area contributed by atoms with Gasteiger partial charge in [-0.1, -0.05) is 0 Å². The summed E-state index contributed by atoms with van der Waals surface area (Å²) in [6, 6.07) is 0. The van der Waals surface area contributed by atoms with Crippen LogP contribution in [0.3, 0.4) is 0 Å². The molecule has 0 aromatic heterocycles. The quantitative estimate of drug-likeness (QED) is 0.262. The molecule has 0 saturated carbocycles. The van der Waals surface area contributed by atoms with E-state index in [1.807, 2.05) is 0 Å². The molecule has 2 N–H and O–H groups in total. The third-order valence-electron chi connectivity index (χ3n) is 1.46. The Kier molecular flexibility index (Phi) is 7.77. The number of carboxylic acid groups (broad SMARTS) is 1. The molecule has 0 aromatic rings. The topological polar surface area (TPSA) is 93.1 Å². The Morgan fingerprint density at radius 2 is 1.71 bits per heavy atom. The normalized spacial score (nSPS) is 9.79. The molecule has 0 atom stereocenters. The molecule has 0 rings (SSSR count). The van der Waals surface area contributed by atoms with Gasteiger partial charge in [0.15, 0.2) is 0 Å². The lowest BCUT2D eigenvalue weighted by Crippen LogP contribution is -2.09. The number of unbranched alkanes of at least 4 members (excludes halogenated alkanes) is 1. The van der Waals surface area contributed by atoms with Gasteiger partial charge in [0.1, 0.15) is 13.2 Å². The van der Waals surface area contributed by atoms with E-state index in [-0.39, 0.29) is 26.1 Å². The van der Waals surface area contributed by atoms with Gasteiger partial charge in [-0.05, 0) is 12.8 Å². The predicted octanol–water partition coefficient (Wildman–Crippen LogP) is 0.664. The van der Waals surface area contributed by atoms with Crippen LogP contribution in [-0.2, 0) is 19.2 Å². The predicted molar refractivity (Wildman–Crippen MR) is 45.6 cm³/mol. The molecule has 0 aliphatic heterocycles. The summed E-state index contributed by atoms with van der Waals surface area (Å²) in [7, 11) is 0. The van der Waals surface area contributed by atoms with Crippen LogP contribution in [0.1, 0.15) is 25.7 Å². The zero-order valence-corrected chi connectivity index (χ0v) is 7.77. The molecule has 0 heterocycles. The van der Waals surface area contributed by atoms with Crippen molar-refractivity contribution in [3.8, 4) is 0 Å². The van der Waals surface area contributed by atoms with Crippen LogP contribution >= 0.6 is 0 Å². The molecule has 0 aromatic carbocycles. The van der Waals surface area contributed by atoms with Gasteiger partial charge in [0.05, 0.1) is 0 Å². The van der Waals surface area contributed by atoms with Gasteiger partial charge in [0.2, 0.25) is 0 Å². The number of rotatable bonds is 8. The van der Waals surface area contributed by atoms with Gasteiger partial charge in [-0.2, -0.15) is 0 Å². The smallest absolute Gasteiger partial charge is 0.305 e. The Bertz CT molecular complexity index is 179. The van der Waals surface area contributed by atoms with E-state index in [0.717, 1.165) is 0 Å². The second kappa shape index (κ2) is 8.46. The molecule has 0 spiro atoms. The summed E-state index contributed by atoms with van der Waals surface area (Å²) in [6.07, 6.45) is 1.21. The van der Waals surface area contributed by atoms with Crippen LogP contribution in [0.4, 0.5) is 0 Å². The average Bonchev–Trinajstić information content (AvgIpc) is 2.13. The summed E-state index contributed by atoms with van der Waals surface area (Å²) in [4.78, 5) is 24.6. The van der Waals surface area contributed by atoms with Crippen LogP contribution in [0.15, 0.2) is 0 Å². The Balaban J connectivity index is 3.22. The lowest BCUT2D eigenvalue weighted by atomic mass is 10.2. The Labute approximate surface area is 81.4 Å². The second-order valence-electron chi connectivity index (χ2n) is 2.65. The van der Waals surface area contributed by atoms with Gasteiger partial charge >= 0.3 is 11.9 Å². The maximum absolute atomic E-state index is 10.9. The van der Waals surface area contributed by atoms with E-state index in [1.54, 1.807) is 0 Å². The summed E-state index contributed by atoms with van der Waals surface area (Å²) < 4.78 is 4.62. The molecule has 6 heteroatoms. The molecule has 0 unspecified atom stereocenters. The maximum Gasteiger partial charge on any atom is 0.305 e. The minimum atomic E-state index is -0.868. The first-order valence-electron chi connectivity index (χ1n) is 4.30. The third kappa shape index (κ3) is 8.95. The Hall–Kier alpha value is -1.14. The van der Waals surface area contributed by atoms with E-state index in [4.69, 9.17) is 10.4 Å². The van der Waals surface area contributed by atoms with Gasteiger partial charge in [0, 0.05) is 12.8 Å². The van der Waals surface area contributed by atoms with Crippen LogP contribution in [-0.4, -0.2) is 35.5 Å². The fourth-order valence-corrected chi connectivity index (χ4v) is 0.811. The summed E-state index contributed by atoms with van der Waals surface area (Å²) >= 11 is 0. The average molecular weight is 206 g/mol. The molecular weight excluding hydrogens is 192 g/mol. The maximum atomic E-state index is 10.9. The zero-order valence-electron chi connectivity index (χ0n) is 7.77. The summed E-state index contributed by atoms with van der Waals surface area (Å²) in [5.74, 6) is -1.28. The van der Waals surface area contributed by atoms with Crippen LogP contribution in [0, 0.1) is 0 Å². The number of carboxylic acids is 1. The fourth-order valence-electron chi connectivity index (χ4n) is 0.811.